The standard InChI is InChI=1S/C27H26N2O3/c1-2-31-21-14-12-19(13-15-21)27-26-23(22-10-6-7-11-24(22)28-26)16-17-29(27)25(30)18-32-20-8-4-3-5-9-20/h3-15,27-28H,2,16-18H2,1H3/t27-/m1/s1. The molecule has 5 nitrogen and oxygen atoms in total. The smallest absolute Gasteiger partial charge is 0.261 e. The van der Waals surface area contributed by atoms with Crippen LogP contribution in [0, 0.1) is 0 Å². The van der Waals surface area contributed by atoms with Crippen molar-refractivity contribution in [2.24, 2.45) is 0 Å². The van der Waals surface area contributed by atoms with E-state index in [0.29, 0.717) is 18.9 Å². The summed E-state index contributed by atoms with van der Waals surface area (Å²) in [6.07, 6.45) is 0.809. The Morgan fingerprint density at radius 1 is 0.938 bits per heavy atom. The fourth-order valence-corrected chi connectivity index (χ4v) is 4.51. The zero-order valence-corrected chi connectivity index (χ0v) is 18.1. The summed E-state index contributed by atoms with van der Waals surface area (Å²) in [5.41, 5.74) is 4.51. The number of aromatic amines is 1. The lowest BCUT2D eigenvalue weighted by atomic mass is 9.92. The van der Waals surface area contributed by atoms with Crippen molar-refractivity contribution in [3.63, 3.8) is 0 Å². The molecule has 162 valence electrons. The Balaban J connectivity index is 1.49. The minimum atomic E-state index is -0.200. The average Bonchev–Trinajstić information content (AvgIpc) is 3.22. The van der Waals surface area contributed by atoms with Crippen molar-refractivity contribution in [3.05, 3.63) is 95.7 Å². The lowest BCUT2D eigenvalue weighted by Gasteiger charge is -2.36. The predicted octanol–water partition coefficient (Wildman–Crippen LogP) is 5.12. The summed E-state index contributed by atoms with van der Waals surface area (Å²) < 4.78 is 11.4. The number of H-pyrrole nitrogens is 1. The predicted molar refractivity (Wildman–Crippen MR) is 125 cm³/mol. The Morgan fingerprint density at radius 2 is 1.66 bits per heavy atom. The zero-order valence-electron chi connectivity index (χ0n) is 18.1. The van der Waals surface area contributed by atoms with Crippen molar-refractivity contribution < 1.29 is 14.3 Å². The Kier molecular flexibility index (Phi) is 5.55. The Labute approximate surface area is 187 Å². The van der Waals surface area contributed by atoms with Crippen LogP contribution >= 0.6 is 0 Å². The van der Waals surface area contributed by atoms with E-state index in [1.54, 1.807) is 0 Å². The third-order valence-electron chi connectivity index (χ3n) is 5.97. The van der Waals surface area contributed by atoms with Crippen molar-refractivity contribution in [3.8, 4) is 11.5 Å². The summed E-state index contributed by atoms with van der Waals surface area (Å²) in [4.78, 5) is 18.8. The van der Waals surface area contributed by atoms with Gasteiger partial charge in [-0.15, -0.1) is 0 Å². The average molecular weight is 427 g/mol. The number of nitrogens with zero attached hydrogens (tertiary/aromatic N) is 1. The van der Waals surface area contributed by atoms with Crippen molar-refractivity contribution in [1.82, 2.24) is 9.88 Å². The maximum atomic E-state index is 13.3. The third kappa shape index (κ3) is 3.82. The first-order valence-corrected chi connectivity index (χ1v) is 11.0. The van der Waals surface area contributed by atoms with Crippen LogP contribution in [-0.4, -0.2) is 35.5 Å². The monoisotopic (exact) mass is 426 g/mol. The second kappa shape index (κ2) is 8.79. The summed E-state index contributed by atoms with van der Waals surface area (Å²) in [5.74, 6) is 1.49. The van der Waals surface area contributed by atoms with Crippen molar-refractivity contribution in [2.75, 3.05) is 19.8 Å². The van der Waals surface area contributed by atoms with E-state index in [0.717, 1.165) is 28.9 Å². The lowest BCUT2D eigenvalue weighted by molar-refractivity contribution is -0.135. The summed E-state index contributed by atoms with van der Waals surface area (Å²) in [6, 6.07) is 25.6. The molecular formula is C27H26N2O3. The summed E-state index contributed by atoms with van der Waals surface area (Å²) >= 11 is 0. The normalized spacial score (nSPS) is 15.4. The number of carbonyl (C=O) groups excluding carboxylic acids is 1. The van der Waals surface area contributed by atoms with Gasteiger partial charge in [-0.05, 0) is 54.8 Å². The highest BCUT2D eigenvalue weighted by Gasteiger charge is 2.34. The Hall–Kier alpha value is -3.73. The van der Waals surface area contributed by atoms with Gasteiger partial charge in [0.15, 0.2) is 6.61 Å². The van der Waals surface area contributed by atoms with Gasteiger partial charge < -0.3 is 19.4 Å². The second-order valence-corrected chi connectivity index (χ2v) is 7.91. The molecule has 4 aromatic rings. The van der Waals surface area contributed by atoms with Crippen molar-refractivity contribution in [2.45, 2.75) is 19.4 Å². The molecule has 0 radical (unpaired) electrons. The first-order valence-electron chi connectivity index (χ1n) is 11.0. The topological polar surface area (TPSA) is 54.6 Å². The molecule has 3 aromatic carbocycles. The van der Waals surface area contributed by atoms with E-state index in [2.05, 4.69) is 35.3 Å². The van der Waals surface area contributed by atoms with Crippen LogP contribution < -0.4 is 9.47 Å². The number of fused-ring (bicyclic) bond motifs is 3. The summed E-state index contributed by atoms with van der Waals surface area (Å²) in [6.45, 7) is 3.24. The molecule has 0 unspecified atom stereocenters. The van der Waals surface area contributed by atoms with Gasteiger partial charge in [0.2, 0.25) is 0 Å². The molecule has 0 aliphatic carbocycles. The van der Waals surface area contributed by atoms with Crippen LogP contribution in [0.3, 0.4) is 0 Å². The molecule has 0 fully saturated rings. The van der Waals surface area contributed by atoms with Gasteiger partial charge in [-0.3, -0.25) is 4.79 Å². The van der Waals surface area contributed by atoms with Crippen LogP contribution in [0.2, 0.25) is 0 Å². The molecule has 0 saturated carbocycles. The van der Waals surface area contributed by atoms with Crippen molar-refractivity contribution in [1.29, 1.82) is 0 Å². The van der Waals surface area contributed by atoms with Gasteiger partial charge in [0.05, 0.1) is 12.6 Å². The molecule has 0 spiro atoms. The van der Waals surface area contributed by atoms with Crippen LogP contribution in [0.1, 0.15) is 29.8 Å². The van der Waals surface area contributed by atoms with Crippen LogP contribution in [0.15, 0.2) is 78.9 Å². The summed E-state index contributed by atoms with van der Waals surface area (Å²) in [7, 11) is 0. The fraction of sp³-hybridized carbons (Fsp3) is 0.222. The van der Waals surface area contributed by atoms with Crippen LogP contribution in [-0.2, 0) is 11.2 Å². The number of benzene rings is 3. The van der Waals surface area contributed by atoms with Crippen molar-refractivity contribution >= 4 is 16.8 Å². The van der Waals surface area contributed by atoms with E-state index in [4.69, 9.17) is 9.47 Å². The molecule has 5 heteroatoms. The SMILES string of the molecule is CCOc1ccc([C@@H]2c3[nH]c4ccccc4c3CCN2C(=O)COc2ccccc2)cc1. The van der Waals surface area contributed by atoms with Gasteiger partial charge in [-0.25, -0.2) is 0 Å². The largest absolute Gasteiger partial charge is 0.494 e. The lowest BCUT2D eigenvalue weighted by Crippen LogP contribution is -2.42. The van der Waals surface area contributed by atoms with E-state index < -0.39 is 0 Å². The number of hydrogen-bond donors (Lipinski definition) is 1. The molecule has 0 bridgehead atoms. The van der Waals surface area contributed by atoms with Gasteiger partial charge in [0, 0.05) is 23.1 Å². The first kappa shape index (κ1) is 20.2. The Morgan fingerprint density at radius 3 is 2.44 bits per heavy atom. The minimum Gasteiger partial charge on any atom is -0.494 e. The van der Waals surface area contributed by atoms with Gasteiger partial charge >= 0.3 is 0 Å². The van der Waals surface area contributed by atoms with E-state index in [1.165, 1.54) is 10.9 Å². The number of carbonyl (C=O) groups is 1. The maximum Gasteiger partial charge on any atom is 0.261 e. The highest BCUT2D eigenvalue weighted by Crippen LogP contribution is 2.38. The zero-order chi connectivity index (χ0) is 21.9. The second-order valence-electron chi connectivity index (χ2n) is 7.91. The molecule has 1 aliphatic heterocycles. The molecule has 1 atom stereocenters. The van der Waals surface area contributed by atoms with E-state index in [9.17, 15) is 4.79 Å². The minimum absolute atomic E-state index is 0.00705. The van der Waals surface area contributed by atoms with Crippen LogP contribution in [0.25, 0.3) is 10.9 Å². The quantitative estimate of drug-likeness (QED) is 0.466. The molecule has 2 heterocycles. The number of nitrogens with one attached hydrogen (secondary N) is 1. The number of ether oxygens (including phenoxy) is 2. The number of para-hydroxylation sites is 2. The van der Waals surface area contributed by atoms with Gasteiger partial charge in [0.25, 0.3) is 5.91 Å². The fourth-order valence-electron chi connectivity index (χ4n) is 4.51. The number of rotatable bonds is 6. The summed E-state index contributed by atoms with van der Waals surface area (Å²) in [5, 5.41) is 1.23. The van der Waals surface area contributed by atoms with E-state index >= 15 is 0 Å². The highest BCUT2D eigenvalue weighted by atomic mass is 16.5. The number of amides is 1. The van der Waals surface area contributed by atoms with Gasteiger partial charge in [0.1, 0.15) is 11.5 Å². The molecule has 1 aliphatic rings. The molecule has 32 heavy (non-hydrogen) atoms. The van der Waals surface area contributed by atoms with E-state index in [-0.39, 0.29) is 18.6 Å². The number of hydrogen-bond acceptors (Lipinski definition) is 3. The van der Waals surface area contributed by atoms with Gasteiger partial charge in [-0.1, -0.05) is 48.5 Å². The molecule has 1 aromatic heterocycles. The molecule has 0 saturated heterocycles. The van der Waals surface area contributed by atoms with Crippen LogP contribution in [0.5, 0.6) is 11.5 Å². The van der Waals surface area contributed by atoms with E-state index in [1.807, 2.05) is 60.4 Å². The van der Waals surface area contributed by atoms with Gasteiger partial charge in [-0.2, -0.15) is 0 Å². The molecule has 1 amide bonds. The third-order valence-corrected chi connectivity index (χ3v) is 5.97. The first-order chi connectivity index (χ1) is 15.7. The molecule has 1 N–H and O–H groups in total. The van der Waals surface area contributed by atoms with Crippen LogP contribution in [0.4, 0.5) is 0 Å². The Bertz CT molecular complexity index is 1210. The molecular weight excluding hydrogens is 400 g/mol. The maximum absolute atomic E-state index is 13.3. The molecule has 5 rings (SSSR count). The highest BCUT2D eigenvalue weighted by molar-refractivity contribution is 5.87. The number of aromatic nitrogens is 1.